The van der Waals surface area contributed by atoms with Crippen molar-refractivity contribution in [2.45, 2.75) is 11.7 Å². The van der Waals surface area contributed by atoms with Gasteiger partial charge in [0.25, 0.3) is 5.91 Å². The molecule has 1 amide bonds. The minimum absolute atomic E-state index is 0.271. The van der Waals surface area contributed by atoms with Gasteiger partial charge >= 0.3 is 0 Å². The van der Waals surface area contributed by atoms with Gasteiger partial charge in [-0.2, -0.15) is 5.10 Å². The first-order valence-corrected chi connectivity index (χ1v) is 10.8. The van der Waals surface area contributed by atoms with Gasteiger partial charge in [-0.05, 0) is 24.5 Å². The topological polar surface area (TPSA) is 103 Å². The zero-order valence-corrected chi connectivity index (χ0v) is 18.5. The van der Waals surface area contributed by atoms with E-state index in [0.717, 1.165) is 5.39 Å². The van der Waals surface area contributed by atoms with E-state index < -0.39 is 0 Å². The average Bonchev–Trinajstić information content (AvgIpc) is 3.16. The summed E-state index contributed by atoms with van der Waals surface area (Å²) in [6.07, 6.45) is 3.63. The van der Waals surface area contributed by atoms with E-state index in [1.54, 1.807) is 36.2 Å². The molecule has 0 aliphatic heterocycles. The molecule has 11 heteroatoms. The smallest absolute Gasteiger partial charge is 0.255 e. The van der Waals surface area contributed by atoms with Crippen LogP contribution in [0.25, 0.3) is 11.0 Å². The Hall–Kier alpha value is -2.56. The van der Waals surface area contributed by atoms with Gasteiger partial charge in [-0.25, -0.2) is 14.6 Å². The minimum Gasteiger partial charge on any atom is -0.496 e. The highest BCUT2D eigenvalue weighted by atomic mass is 35.5. The first-order chi connectivity index (χ1) is 14.6. The molecule has 30 heavy (non-hydrogen) atoms. The maximum absolute atomic E-state index is 12.5. The van der Waals surface area contributed by atoms with Crippen molar-refractivity contribution >= 4 is 46.1 Å². The normalized spacial score (nSPS) is 10.9. The van der Waals surface area contributed by atoms with Crippen LogP contribution in [0.15, 0.2) is 29.6 Å². The number of aromatic nitrogens is 4. The molecule has 1 aromatic carbocycles. The second kappa shape index (κ2) is 10.5. The highest BCUT2D eigenvalue weighted by molar-refractivity contribution is 7.98. The molecule has 0 atom stereocenters. The zero-order chi connectivity index (χ0) is 21.5. The third-order valence-corrected chi connectivity index (χ3v) is 5.06. The lowest BCUT2D eigenvalue weighted by atomic mass is 10.2. The van der Waals surface area contributed by atoms with Crippen LogP contribution in [0, 0.1) is 0 Å². The van der Waals surface area contributed by atoms with Gasteiger partial charge in [0, 0.05) is 25.2 Å². The number of methoxy groups -OCH3 is 2. The maximum Gasteiger partial charge on any atom is 0.255 e. The van der Waals surface area contributed by atoms with E-state index in [1.807, 2.05) is 6.26 Å². The summed E-state index contributed by atoms with van der Waals surface area (Å²) in [6.45, 7) is 1.99. The monoisotopic (exact) mass is 450 g/mol. The predicted molar refractivity (Wildman–Crippen MR) is 118 cm³/mol. The molecule has 9 nitrogen and oxygen atoms in total. The van der Waals surface area contributed by atoms with E-state index in [0.29, 0.717) is 59.2 Å². The van der Waals surface area contributed by atoms with Crippen LogP contribution in [-0.2, 0) is 11.3 Å². The average molecular weight is 451 g/mol. The van der Waals surface area contributed by atoms with Gasteiger partial charge in [-0.3, -0.25) is 4.79 Å². The standard InChI is InChI=1S/C19H23ClN6O3S/c1-28-9-7-21-16-14-11-23-26(17(14)25-19(24-16)30-3)8-6-22-18(27)13-10-12(20)4-5-15(13)29-2/h4-5,10-11H,6-9H2,1-3H3,(H,22,27)(H,21,24,25). The minimum atomic E-state index is -0.271. The predicted octanol–water partition coefficient (Wildman–Crippen LogP) is 2.70. The van der Waals surface area contributed by atoms with Crippen LogP contribution >= 0.6 is 23.4 Å². The zero-order valence-electron chi connectivity index (χ0n) is 16.9. The molecule has 3 aromatic rings. The number of hydrogen-bond donors (Lipinski definition) is 2. The number of benzene rings is 1. The summed E-state index contributed by atoms with van der Waals surface area (Å²) in [5.74, 6) is 0.901. The number of anilines is 1. The molecule has 3 rings (SSSR count). The Labute approximate surface area is 183 Å². The van der Waals surface area contributed by atoms with Gasteiger partial charge in [0.05, 0.1) is 37.4 Å². The Morgan fingerprint density at radius 2 is 2.10 bits per heavy atom. The summed E-state index contributed by atoms with van der Waals surface area (Å²) in [4.78, 5) is 21.6. The number of fused-ring (bicyclic) bond motifs is 1. The number of hydrogen-bond acceptors (Lipinski definition) is 8. The van der Waals surface area contributed by atoms with E-state index in [9.17, 15) is 4.79 Å². The van der Waals surface area contributed by atoms with Gasteiger partial charge in [-0.1, -0.05) is 23.4 Å². The van der Waals surface area contributed by atoms with Gasteiger partial charge in [-0.15, -0.1) is 0 Å². The number of nitrogens with one attached hydrogen (secondary N) is 2. The quantitative estimate of drug-likeness (QED) is 0.276. The molecule has 0 spiro atoms. The Balaban J connectivity index is 1.73. The maximum atomic E-state index is 12.5. The van der Waals surface area contributed by atoms with Crippen molar-refractivity contribution in [1.82, 2.24) is 25.1 Å². The largest absolute Gasteiger partial charge is 0.496 e. The third-order valence-electron chi connectivity index (χ3n) is 4.27. The van der Waals surface area contributed by atoms with Crippen molar-refractivity contribution in [1.29, 1.82) is 0 Å². The van der Waals surface area contributed by atoms with E-state index in [1.165, 1.54) is 18.9 Å². The fourth-order valence-electron chi connectivity index (χ4n) is 2.82. The second-order valence-electron chi connectivity index (χ2n) is 6.18. The van der Waals surface area contributed by atoms with Crippen LogP contribution in [0.4, 0.5) is 5.82 Å². The fourth-order valence-corrected chi connectivity index (χ4v) is 3.36. The highest BCUT2D eigenvalue weighted by Gasteiger charge is 2.15. The lowest BCUT2D eigenvalue weighted by Gasteiger charge is -2.11. The van der Waals surface area contributed by atoms with E-state index in [-0.39, 0.29) is 5.91 Å². The van der Waals surface area contributed by atoms with E-state index >= 15 is 0 Å². The first-order valence-electron chi connectivity index (χ1n) is 9.19. The molecule has 2 aromatic heterocycles. The Morgan fingerprint density at radius 1 is 1.27 bits per heavy atom. The number of thioether (sulfide) groups is 1. The van der Waals surface area contributed by atoms with Crippen LogP contribution in [0.2, 0.25) is 5.02 Å². The number of carbonyl (C=O) groups is 1. The Kier molecular flexibility index (Phi) is 7.72. The van der Waals surface area contributed by atoms with Gasteiger partial charge in [0.2, 0.25) is 0 Å². The van der Waals surface area contributed by atoms with Gasteiger partial charge in [0.1, 0.15) is 11.6 Å². The summed E-state index contributed by atoms with van der Waals surface area (Å²) in [6, 6.07) is 4.92. The third kappa shape index (κ3) is 5.13. The van der Waals surface area contributed by atoms with Crippen LogP contribution in [-0.4, -0.2) is 65.8 Å². The van der Waals surface area contributed by atoms with Crippen molar-refractivity contribution in [3.8, 4) is 5.75 Å². The molecule has 160 valence electrons. The number of nitrogens with zero attached hydrogens (tertiary/aromatic N) is 4. The number of carbonyl (C=O) groups excluding carboxylic acids is 1. The van der Waals surface area contributed by atoms with Crippen LogP contribution < -0.4 is 15.4 Å². The summed E-state index contributed by atoms with van der Waals surface area (Å²) in [5, 5.41) is 12.4. The molecular weight excluding hydrogens is 428 g/mol. The summed E-state index contributed by atoms with van der Waals surface area (Å²) < 4.78 is 12.1. The van der Waals surface area contributed by atoms with E-state index in [2.05, 4.69) is 25.7 Å². The van der Waals surface area contributed by atoms with Crippen molar-refractivity contribution in [3.63, 3.8) is 0 Å². The molecule has 2 heterocycles. The Bertz CT molecular complexity index is 1030. The van der Waals surface area contributed by atoms with Gasteiger partial charge in [0.15, 0.2) is 10.8 Å². The first kappa shape index (κ1) is 22.1. The summed E-state index contributed by atoms with van der Waals surface area (Å²) >= 11 is 7.46. The molecule has 0 unspecified atom stereocenters. The molecule has 0 aliphatic rings. The number of halogens is 1. The van der Waals surface area contributed by atoms with Gasteiger partial charge < -0.3 is 20.1 Å². The SMILES string of the molecule is COCCNc1nc(SC)nc2c1cnn2CCNC(=O)c1cc(Cl)ccc1OC. The molecule has 0 saturated heterocycles. The number of amides is 1. The Morgan fingerprint density at radius 3 is 2.83 bits per heavy atom. The summed E-state index contributed by atoms with van der Waals surface area (Å²) in [5.41, 5.74) is 1.08. The molecule has 0 saturated carbocycles. The molecule has 0 radical (unpaired) electrons. The summed E-state index contributed by atoms with van der Waals surface area (Å²) in [7, 11) is 3.16. The van der Waals surface area contributed by atoms with Crippen LogP contribution in [0.3, 0.4) is 0 Å². The van der Waals surface area contributed by atoms with Crippen molar-refractivity contribution in [2.75, 3.05) is 45.5 Å². The van der Waals surface area contributed by atoms with E-state index in [4.69, 9.17) is 21.1 Å². The fraction of sp³-hybridized carbons (Fsp3) is 0.368. The van der Waals surface area contributed by atoms with Crippen molar-refractivity contribution in [2.24, 2.45) is 0 Å². The number of ether oxygens (including phenoxy) is 2. The number of rotatable bonds is 10. The highest BCUT2D eigenvalue weighted by Crippen LogP contribution is 2.24. The molecule has 0 bridgehead atoms. The van der Waals surface area contributed by atoms with Crippen molar-refractivity contribution < 1.29 is 14.3 Å². The molecule has 0 aliphatic carbocycles. The molecule has 0 fully saturated rings. The van der Waals surface area contributed by atoms with Crippen LogP contribution in [0.5, 0.6) is 5.75 Å². The van der Waals surface area contributed by atoms with Crippen molar-refractivity contribution in [3.05, 3.63) is 35.0 Å². The second-order valence-corrected chi connectivity index (χ2v) is 7.39. The molecule has 2 N–H and O–H groups in total. The molecular formula is C19H23ClN6O3S. The lowest BCUT2D eigenvalue weighted by molar-refractivity contribution is 0.0949. The lowest BCUT2D eigenvalue weighted by Crippen LogP contribution is -2.28. The van der Waals surface area contributed by atoms with Crippen LogP contribution in [0.1, 0.15) is 10.4 Å².